The maximum absolute atomic E-state index is 10.3. The largest absolute Gasteiger partial charge is 0.507 e. The maximum Gasteiger partial charge on any atom is 0.353 e. The lowest BCUT2D eigenvalue weighted by Crippen LogP contribution is -1.87. The SMILES string of the molecule is C#[N+]/C(=C\C(N=C)=C(C)C)c1cc(O)c(-c2cn[nH]c2)cc1O. The first kappa shape index (κ1) is 16.0. The van der Waals surface area contributed by atoms with Crippen LogP contribution < -0.4 is 0 Å². The second-order valence-electron chi connectivity index (χ2n) is 5.08. The van der Waals surface area contributed by atoms with Gasteiger partial charge in [-0.2, -0.15) is 5.10 Å². The Bertz CT molecular complexity index is 836. The van der Waals surface area contributed by atoms with E-state index in [2.05, 4.69) is 26.8 Å². The van der Waals surface area contributed by atoms with Gasteiger partial charge < -0.3 is 10.2 Å². The fourth-order valence-corrected chi connectivity index (χ4v) is 2.07. The van der Waals surface area contributed by atoms with Gasteiger partial charge in [-0.1, -0.05) is 5.57 Å². The molecule has 0 spiro atoms. The summed E-state index contributed by atoms with van der Waals surface area (Å²) in [5.41, 5.74) is 3.17. The number of phenols is 2. The van der Waals surface area contributed by atoms with E-state index in [1.807, 2.05) is 13.8 Å². The van der Waals surface area contributed by atoms with Crippen molar-refractivity contribution in [3.63, 3.8) is 0 Å². The maximum atomic E-state index is 10.3. The van der Waals surface area contributed by atoms with Gasteiger partial charge >= 0.3 is 5.70 Å². The summed E-state index contributed by atoms with van der Waals surface area (Å²) in [6.07, 6.45) is 4.75. The third-order valence-corrected chi connectivity index (χ3v) is 3.29. The highest BCUT2D eigenvalue weighted by Gasteiger charge is 2.20. The van der Waals surface area contributed by atoms with Gasteiger partial charge in [-0.3, -0.25) is 10.1 Å². The average Bonchev–Trinajstić information content (AvgIpc) is 3.04. The van der Waals surface area contributed by atoms with E-state index in [0.29, 0.717) is 22.4 Å². The third kappa shape index (κ3) is 3.30. The van der Waals surface area contributed by atoms with Crippen LogP contribution in [0.25, 0.3) is 21.7 Å². The summed E-state index contributed by atoms with van der Waals surface area (Å²) in [7, 11) is 0. The number of nitrogens with one attached hydrogen (secondary N) is 1. The number of rotatable bonds is 4. The van der Waals surface area contributed by atoms with Gasteiger partial charge in [0.25, 0.3) is 6.57 Å². The van der Waals surface area contributed by atoms with Crippen LogP contribution in [0.5, 0.6) is 11.5 Å². The number of hydrogen-bond donors (Lipinski definition) is 3. The normalized spacial score (nSPS) is 10.9. The van der Waals surface area contributed by atoms with Crippen molar-refractivity contribution in [2.75, 3.05) is 0 Å². The number of H-pyrrole nitrogens is 1. The number of phenolic OH excluding ortho intramolecular Hbond substituents is 2. The second-order valence-corrected chi connectivity index (χ2v) is 5.08. The number of hydrogen-bond acceptors (Lipinski definition) is 4. The summed E-state index contributed by atoms with van der Waals surface area (Å²) >= 11 is 0. The number of aromatic hydroxyl groups is 2. The van der Waals surface area contributed by atoms with Crippen molar-refractivity contribution >= 4 is 12.4 Å². The number of nitrogens with zero attached hydrogens (tertiary/aromatic N) is 3. The van der Waals surface area contributed by atoms with Gasteiger partial charge in [-0.05, 0) is 37.5 Å². The van der Waals surface area contributed by atoms with Gasteiger partial charge in [0.2, 0.25) is 0 Å². The molecule has 0 amide bonds. The fourth-order valence-electron chi connectivity index (χ4n) is 2.07. The molecule has 6 nitrogen and oxygen atoms in total. The highest BCUT2D eigenvalue weighted by atomic mass is 16.3. The minimum atomic E-state index is -0.0726. The Kier molecular flexibility index (Phi) is 4.62. The lowest BCUT2D eigenvalue weighted by Gasteiger charge is -2.05. The number of aliphatic imine (C=N–C) groups is 1. The molecule has 0 saturated carbocycles. The number of aromatic nitrogens is 2. The quantitative estimate of drug-likeness (QED) is 0.456. The van der Waals surface area contributed by atoms with Crippen LogP contribution in [0.2, 0.25) is 0 Å². The first-order valence-corrected chi connectivity index (χ1v) is 6.80. The Morgan fingerprint density at radius 1 is 1.35 bits per heavy atom. The summed E-state index contributed by atoms with van der Waals surface area (Å²) in [5, 5.41) is 27.0. The second kappa shape index (κ2) is 6.62. The van der Waals surface area contributed by atoms with Crippen molar-refractivity contribution in [2.24, 2.45) is 4.99 Å². The molecule has 3 N–H and O–H groups in total. The molecule has 0 atom stereocenters. The summed E-state index contributed by atoms with van der Waals surface area (Å²) in [4.78, 5) is 7.56. The summed E-state index contributed by atoms with van der Waals surface area (Å²) in [5.74, 6) is -0.101. The molecule has 0 aliphatic heterocycles. The van der Waals surface area contributed by atoms with E-state index in [1.165, 1.54) is 12.1 Å². The Labute approximate surface area is 134 Å². The first-order valence-electron chi connectivity index (χ1n) is 6.80. The van der Waals surface area contributed by atoms with E-state index in [9.17, 15) is 10.2 Å². The molecule has 1 aromatic heterocycles. The molecule has 1 aromatic carbocycles. The van der Waals surface area contributed by atoms with E-state index in [0.717, 1.165) is 5.57 Å². The van der Waals surface area contributed by atoms with Gasteiger partial charge in [0.1, 0.15) is 17.1 Å². The van der Waals surface area contributed by atoms with Crippen molar-refractivity contribution in [1.82, 2.24) is 10.2 Å². The lowest BCUT2D eigenvalue weighted by atomic mass is 10.0. The molecule has 116 valence electrons. The Morgan fingerprint density at radius 2 is 2.09 bits per heavy atom. The monoisotopic (exact) mass is 309 g/mol. The van der Waals surface area contributed by atoms with Crippen molar-refractivity contribution < 1.29 is 10.2 Å². The van der Waals surface area contributed by atoms with Crippen LogP contribution in [0.3, 0.4) is 0 Å². The van der Waals surface area contributed by atoms with E-state index < -0.39 is 0 Å². The van der Waals surface area contributed by atoms with E-state index in [4.69, 9.17) is 6.57 Å². The number of benzene rings is 1. The van der Waals surface area contributed by atoms with E-state index in [1.54, 1.807) is 18.5 Å². The molecule has 0 unspecified atom stereocenters. The van der Waals surface area contributed by atoms with Crippen molar-refractivity contribution in [3.05, 3.63) is 52.3 Å². The number of aromatic amines is 1. The highest BCUT2D eigenvalue weighted by molar-refractivity contribution is 5.82. The third-order valence-electron chi connectivity index (χ3n) is 3.29. The van der Waals surface area contributed by atoms with Gasteiger partial charge in [-0.15, -0.1) is 0 Å². The lowest BCUT2D eigenvalue weighted by molar-refractivity contribution is 0.460. The van der Waals surface area contributed by atoms with Crippen LogP contribution in [0.1, 0.15) is 19.4 Å². The highest BCUT2D eigenvalue weighted by Crippen LogP contribution is 2.38. The molecule has 2 aromatic rings. The summed E-state index contributed by atoms with van der Waals surface area (Å²) in [6.45, 7) is 12.7. The van der Waals surface area contributed by atoms with Crippen LogP contribution in [0.4, 0.5) is 0 Å². The Morgan fingerprint density at radius 3 is 2.61 bits per heavy atom. The molecule has 1 heterocycles. The molecule has 23 heavy (non-hydrogen) atoms. The zero-order valence-electron chi connectivity index (χ0n) is 12.9. The predicted molar refractivity (Wildman–Crippen MR) is 91.6 cm³/mol. The van der Waals surface area contributed by atoms with Gasteiger partial charge in [0.15, 0.2) is 0 Å². The molecule has 6 heteroatoms. The standard InChI is InChI=1S/C17H16N4O2/c1-10(2)14(18-3)7-15(19-4)13-6-16(22)12(5-17(13)23)11-8-20-21-9-11/h4-9H,3H2,1-2H3,(H2-,20,21,22,23)/p+1/b15-7-. The van der Waals surface area contributed by atoms with Crippen LogP contribution in [-0.4, -0.2) is 27.1 Å². The average molecular weight is 309 g/mol. The fraction of sp³-hybridized carbons (Fsp3) is 0.118. The van der Waals surface area contributed by atoms with Crippen molar-refractivity contribution in [3.8, 4) is 29.2 Å². The molecule has 0 radical (unpaired) electrons. The van der Waals surface area contributed by atoms with Gasteiger partial charge in [0.05, 0.1) is 18.0 Å². The summed E-state index contributed by atoms with van der Waals surface area (Å²) in [6, 6.07) is 2.82. The van der Waals surface area contributed by atoms with Crippen LogP contribution >= 0.6 is 0 Å². The first-order chi connectivity index (χ1) is 11.0. The van der Waals surface area contributed by atoms with Crippen LogP contribution in [0, 0.1) is 6.57 Å². The van der Waals surface area contributed by atoms with Crippen LogP contribution in [0.15, 0.2) is 46.9 Å². The Balaban J connectivity index is 2.58. The van der Waals surface area contributed by atoms with Crippen molar-refractivity contribution in [2.45, 2.75) is 13.8 Å². The molecule has 0 bridgehead atoms. The van der Waals surface area contributed by atoms with E-state index in [-0.39, 0.29) is 17.2 Å². The predicted octanol–water partition coefficient (Wildman–Crippen LogP) is 3.79. The zero-order chi connectivity index (χ0) is 17.0. The smallest absolute Gasteiger partial charge is 0.353 e. The van der Waals surface area contributed by atoms with Gasteiger partial charge in [-0.25, -0.2) is 0 Å². The topological polar surface area (TPSA) is 85.9 Å². The molecular weight excluding hydrogens is 292 g/mol. The minimum Gasteiger partial charge on any atom is -0.507 e. The molecule has 0 saturated heterocycles. The number of allylic oxidation sites excluding steroid dienone is 2. The minimum absolute atomic E-state index is 0.0286. The summed E-state index contributed by atoms with van der Waals surface area (Å²) < 4.78 is 0. The zero-order valence-corrected chi connectivity index (χ0v) is 12.9. The van der Waals surface area contributed by atoms with Crippen molar-refractivity contribution in [1.29, 1.82) is 0 Å². The molecule has 0 aliphatic carbocycles. The molecule has 0 fully saturated rings. The molecule has 0 aliphatic rings. The van der Waals surface area contributed by atoms with Crippen LogP contribution in [-0.2, 0) is 0 Å². The van der Waals surface area contributed by atoms with E-state index >= 15 is 0 Å². The molecular formula is C17H17N4O2+. The Hall–Kier alpha value is -3.33. The molecule has 2 rings (SSSR count). The van der Waals surface area contributed by atoms with Gasteiger partial charge in [0, 0.05) is 17.3 Å².